The molecular formula is C16H18FN. The topological polar surface area (TPSA) is 26.0 Å². The number of hydrogen-bond acceptors (Lipinski definition) is 1. The first-order valence-corrected chi connectivity index (χ1v) is 6.13. The van der Waals surface area contributed by atoms with Crippen molar-refractivity contribution < 1.29 is 4.39 Å². The number of hydrogen-bond donors (Lipinski definition) is 1. The molecule has 0 aliphatic rings. The molecule has 1 nitrogen and oxygen atoms in total. The first-order chi connectivity index (χ1) is 8.56. The highest BCUT2D eigenvalue weighted by atomic mass is 19.1. The van der Waals surface area contributed by atoms with Crippen LogP contribution in [0.3, 0.4) is 0 Å². The van der Waals surface area contributed by atoms with E-state index in [1.54, 1.807) is 12.1 Å². The van der Waals surface area contributed by atoms with Gasteiger partial charge in [-0.25, -0.2) is 4.39 Å². The van der Waals surface area contributed by atoms with Crippen molar-refractivity contribution in [3.63, 3.8) is 0 Å². The maximum atomic E-state index is 12.8. The summed E-state index contributed by atoms with van der Waals surface area (Å²) in [5, 5.41) is 0. The predicted octanol–water partition coefficient (Wildman–Crippen LogP) is 3.69. The van der Waals surface area contributed by atoms with Gasteiger partial charge in [-0.15, -0.1) is 0 Å². The molecule has 2 N–H and O–H groups in total. The Morgan fingerprint density at radius 1 is 1.00 bits per heavy atom. The summed E-state index contributed by atoms with van der Waals surface area (Å²) in [6.45, 7) is 4.17. The van der Waals surface area contributed by atoms with Crippen molar-refractivity contribution in [3.8, 4) is 0 Å². The lowest BCUT2D eigenvalue weighted by Crippen LogP contribution is -2.13. The van der Waals surface area contributed by atoms with Crippen LogP contribution in [0, 0.1) is 19.7 Å². The molecule has 0 heterocycles. The van der Waals surface area contributed by atoms with Gasteiger partial charge in [-0.05, 0) is 54.7 Å². The Bertz CT molecular complexity index is 531. The summed E-state index contributed by atoms with van der Waals surface area (Å²) in [5.41, 5.74) is 10.9. The normalized spacial score (nSPS) is 12.4. The molecule has 94 valence electrons. The summed E-state index contributed by atoms with van der Waals surface area (Å²) in [7, 11) is 0. The average Bonchev–Trinajstić information content (AvgIpc) is 2.35. The Labute approximate surface area is 107 Å². The van der Waals surface area contributed by atoms with Crippen molar-refractivity contribution in [2.24, 2.45) is 5.73 Å². The standard InChI is InChI=1S/C16H18FN/c1-11-3-6-14(9-12(11)2)16(18)10-13-4-7-15(17)8-5-13/h3-9,16H,10,18H2,1-2H3. The molecule has 0 aliphatic heterocycles. The average molecular weight is 243 g/mol. The van der Waals surface area contributed by atoms with E-state index in [0.29, 0.717) is 0 Å². The largest absolute Gasteiger partial charge is 0.324 e. The van der Waals surface area contributed by atoms with Gasteiger partial charge in [0.2, 0.25) is 0 Å². The first-order valence-electron chi connectivity index (χ1n) is 6.13. The van der Waals surface area contributed by atoms with Gasteiger partial charge in [-0.1, -0.05) is 30.3 Å². The van der Waals surface area contributed by atoms with E-state index in [-0.39, 0.29) is 11.9 Å². The third kappa shape index (κ3) is 2.96. The van der Waals surface area contributed by atoms with Crippen molar-refractivity contribution >= 4 is 0 Å². The zero-order valence-corrected chi connectivity index (χ0v) is 10.8. The van der Waals surface area contributed by atoms with E-state index in [2.05, 4.69) is 32.0 Å². The molecule has 18 heavy (non-hydrogen) atoms. The molecule has 0 fully saturated rings. The highest BCUT2D eigenvalue weighted by Gasteiger charge is 2.08. The van der Waals surface area contributed by atoms with Crippen molar-refractivity contribution in [2.75, 3.05) is 0 Å². The molecular weight excluding hydrogens is 225 g/mol. The number of nitrogens with two attached hydrogens (primary N) is 1. The molecule has 0 spiro atoms. The number of rotatable bonds is 3. The Morgan fingerprint density at radius 2 is 1.67 bits per heavy atom. The zero-order chi connectivity index (χ0) is 13.1. The second-order valence-corrected chi connectivity index (χ2v) is 4.78. The van der Waals surface area contributed by atoms with E-state index in [4.69, 9.17) is 5.73 Å². The highest BCUT2D eigenvalue weighted by molar-refractivity contribution is 5.32. The van der Waals surface area contributed by atoms with Gasteiger partial charge < -0.3 is 5.73 Å². The van der Waals surface area contributed by atoms with Crippen LogP contribution in [0.15, 0.2) is 42.5 Å². The molecule has 2 rings (SSSR count). The Balaban J connectivity index is 2.13. The minimum absolute atomic E-state index is 0.0465. The van der Waals surface area contributed by atoms with Crippen LogP contribution in [0.5, 0.6) is 0 Å². The van der Waals surface area contributed by atoms with Gasteiger partial charge in [0.25, 0.3) is 0 Å². The Morgan fingerprint density at radius 3 is 2.28 bits per heavy atom. The minimum atomic E-state index is -0.210. The van der Waals surface area contributed by atoms with Crippen molar-refractivity contribution in [1.29, 1.82) is 0 Å². The van der Waals surface area contributed by atoms with E-state index in [1.807, 2.05) is 0 Å². The van der Waals surface area contributed by atoms with E-state index >= 15 is 0 Å². The molecule has 0 amide bonds. The lowest BCUT2D eigenvalue weighted by molar-refractivity contribution is 0.625. The van der Waals surface area contributed by atoms with Crippen LogP contribution in [0.4, 0.5) is 4.39 Å². The molecule has 1 atom stereocenters. The zero-order valence-electron chi connectivity index (χ0n) is 10.8. The van der Waals surface area contributed by atoms with Crippen LogP contribution in [0.25, 0.3) is 0 Å². The molecule has 0 bridgehead atoms. The smallest absolute Gasteiger partial charge is 0.123 e. The second-order valence-electron chi connectivity index (χ2n) is 4.78. The summed E-state index contributed by atoms with van der Waals surface area (Å²) in [5.74, 6) is -0.210. The summed E-state index contributed by atoms with van der Waals surface area (Å²) in [6.07, 6.45) is 0.725. The minimum Gasteiger partial charge on any atom is -0.324 e. The monoisotopic (exact) mass is 243 g/mol. The fourth-order valence-corrected chi connectivity index (χ4v) is 1.99. The fourth-order valence-electron chi connectivity index (χ4n) is 1.99. The van der Waals surface area contributed by atoms with Gasteiger partial charge in [-0.3, -0.25) is 0 Å². The van der Waals surface area contributed by atoms with E-state index in [0.717, 1.165) is 17.5 Å². The van der Waals surface area contributed by atoms with Gasteiger partial charge >= 0.3 is 0 Å². The maximum absolute atomic E-state index is 12.8. The molecule has 2 aromatic carbocycles. The van der Waals surface area contributed by atoms with E-state index in [1.165, 1.54) is 23.3 Å². The summed E-state index contributed by atoms with van der Waals surface area (Å²) >= 11 is 0. The van der Waals surface area contributed by atoms with Gasteiger partial charge in [0.1, 0.15) is 5.82 Å². The molecule has 2 heteroatoms. The van der Waals surface area contributed by atoms with E-state index < -0.39 is 0 Å². The van der Waals surface area contributed by atoms with Crippen molar-refractivity contribution in [3.05, 3.63) is 70.5 Å². The van der Waals surface area contributed by atoms with Crippen molar-refractivity contribution in [2.45, 2.75) is 26.3 Å². The quantitative estimate of drug-likeness (QED) is 0.874. The lowest BCUT2D eigenvalue weighted by atomic mass is 9.97. The molecule has 1 unspecified atom stereocenters. The third-order valence-corrected chi connectivity index (χ3v) is 3.33. The predicted molar refractivity (Wildman–Crippen MR) is 72.9 cm³/mol. The lowest BCUT2D eigenvalue weighted by Gasteiger charge is -2.14. The SMILES string of the molecule is Cc1ccc(C(N)Cc2ccc(F)cc2)cc1C. The first kappa shape index (κ1) is 12.8. The number of benzene rings is 2. The van der Waals surface area contributed by atoms with Gasteiger partial charge in [-0.2, -0.15) is 0 Å². The fraction of sp³-hybridized carbons (Fsp3) is 0.250. The molecule has 0 saturated carbocycles. The maximum Gasteiger partial charge on any atom is 0.123 e. The van der Waals surface area contributed by atoms with E-state index in [9.17, 15) is 4.39 Å². The number of aryl methyl sites for hydroxylation is 2. The summed E-state index contributed by atoms with van der Waals surface area (Å²) < 4.78 is 12.8. The van der Waals surface area contributed by atoms with Crippen LogP contribution in [0.1, 0.15) is 28.3 Å². The van der Waals surface area contributed by atoms with Crippen LogP contribution in [-0.4, -0.2) is 0 Å². The van der Waals surface area contributed by atoms with Crippen LogP contribution in [0.2, 0.25) is 0 Å². The summed E-state index contributed by atoms with van der Waals surface area (Å²) in [6, 6.07) is 12.8. The van der Waals surface area contributed by atoms with Gasteiger partial charge in [0.05, 0.1) is 0 Å². The highest BCUT2D eigenvalue weighted by Crippen LogP contribution is 2.19. The molecule has 0 radical (unpaired) electrons. The molecule has 0 saturated heterocycles. The second kappa shape index (κ2) is 5.32. The van der Waals surface area contributed by atoms with Gasteiger partial charge in [0.15, 0.2) is 0 Å². The molecule has 0 aromatic heterocycles. The van der Waals surface area contributed by atoms with Crippen LogP contribution >= 0.6 is 0 Å². The molecule has 0 aliphatic carbocycles. The third-order valence-electron chi connectivity index (χ3n) is 3.33. The Kier molecular flexibility index (Phi) is 3.78. The molecule has 2 aromatic rings. The van der Waals surface area contributed by atoms with Crippen LogP contribution < -0.4 is 5.73 Å². The Hall–Kier alpha value is -1.67. The summed E-state index contributed by atoms with van der Waals surface area (Å²) in [4.78, 5) is 0. The van der Waals surface area contributed by atoms with Crippen molar-refractivity contribution in [1.82, 2.24) is 0 Å². The van der Waals surface area contributed by atoms with Crippen LogP contribution in [-0.2, 0) is 6.42 Å². The number of halogens is 1. The van der Waals surface area contributed by atoms with Gasteiger partial charge in [0, 0.05) is 6.04 Å².